The SMILES string of the molecule is Cc1ccc2nc(COC3CN(C(=O)c4ccccc4)CC3F)[nH]c2c1. The highest BCUT2D eigenvalue weighted by Gasteiger charge is 2.36. The number of rotatable bonds is 4. The second kappa shape index (κ2) is 6.88. The van der Waals surface area contributed by atoms with E-state index in [-0.39, 0.29) is 25.6 Å². The number of benzene rings is 2. The third kappa shape index (κ3) is 3.32. The molecule has 5 nitrogen and oxygen atoms in total. The highest BCUT2D eigenvalue weighted by molar-refractivity contribution is 5.94. The fraction of sp³-hybridized carbons (Fsp3) is 0.300. The fourth-order valence-corrected chi connectivity index (χ4v) is 3.25. The Labute approximate surface area is 150 Å². The molecule has 1 fully saturated rings. The molecule has 2 aromatic carbocycles. The molecule has 0 radical (unpaired) electrons. The number of aryl methyl sites for hydroxylation is 1. The van der Waals surface area contributed by atoms with Gasteiger partial charge in [0.2, 0.25) is 0 Å². The predicted molar refractivity (Wildman–Crippen MR) is 96.6 cm³/mol. The number of nitrogens with zero attached hydrogens (tertiary/aromatic N) is 2. The maximum atomic E-state index is 14.3. The first-order chi connectivity index (χ1) is 12.6. The van der Waals surface area contributed by atoms with Crippen LogP contribution in [0.5, 0.6) is 0 Å². The van der Waals surface area contributed by atoms with Crippen molar-refractivity contribution in [1.82, 2.24) is 14.9 Å². The molecule has 1 amide bonds. The number of ether oxygens (including phenoxy) is 1. The molecule has 0 bridgehead atoms. The van der Waals surface area contributed by atoms with Gasteiger partial charge in [-0.25, -0.2) is 9.37 Å². The minimum Gasteiger partial charge on any atom is -0.365 e. The average Bonchev–Trinajstić information content (AvgIpc) is 3.22. The molecule has 134 valence electrons. The Morgan fingerprint density at radius 2 is 2.08 bits per heavy atom. The van der Waals surface area contributed by atoms with Gasteiger partial charge in [0.05, 0.1) is 24.1 Å². The molecule has 26 heavy (non-hydrogen) atoms. The molecule has 6 heteroatoms. The number of amides is 1. The number of aromatic nitrogens is 2. The summed E-state index contributed by atoms with van der Waals surface area (Å²) in [5.41, 5.74) is 3.50. The molecule has 1 aliphatic rings. The summed E-state index contributed by atoms with van der Waals surface area (Å²) in [5, 5.41) is 0. The van der Waals surface area contributed by atoms with Gasteiger partial charge in [0.1, 0.15) is 24.7 Å². The van der Waals surface area contributed by atoms with Crippen molar-refractivity contribution in [3.8, 4) is 0 Å². The average molecular weight is 353 g/mol. The van der Waals surface area contributed by atoms with E-state index in [1.165, 1.54) is 4.90 Å². The van der Waals surface area contributed by atoms with Crippen LogP contribution in [-0.4, -0.2) is 46.1 Å². The van der Waals surface area contributed by atoms with E-state index < -0.39 is 12.3 Å². The smallest absolute Gasteiger partial charge is 0.254 e. The molecule has 0 saturated carbocycles. The van der Waals surface area contributed by atoms with Crippen LogP contribution in [0, 0.1) is 6.92 Å². The molecule has 2 unspecified atom stereocenters. The first-order valence-electron chi connectivity index (χ1n) is 8.65. The molecule has 4 rings (SSSR count). The third-order valence-electron chi connectivity index (χ3n) is 4.63. The Bertz CT molecular complexity index is 925. The van der Waals surface area contributed by atoms with Crippen molar-refractivity contribution in [1.29, 1.82) is 0 Å². The van der Waals surface area contributed by atoms with Crippen LogP contribution < -0.4 is 0 Å². The summed E-state index contributed by atoms with van der Waals surface area (Å²) in [6, 6.07) is 14.9. The highest BCUT2D eigenvalue weighted by Crippen LogP contribution is 2.21. The summed E-state index contributed by atoms with van der Waals surface area (Å²) < 4.78 is 20.0. The molecule has 0 aliphatic carbocycles. The maximum Gasteiger partial charge on any atom is 0.254 e. The second-order valence-electron chi connectivity index (χ2n) is 6.65. The number of imidazole rings is 1. The molecule has 1 saturated heterocycles. The minimum absolute atomic E-state index is 0.0533. The van der Waals surface area contributed by atoms with Crippen molar-refractivity contribution >= 4 is 16.9 Å². The van der Waals surface area contributed by atoms with E-state index in [0.717, 1.165) is 16.6 Å². The number of halogens is 1. The van der Waals surface area contributed by atoms with Crippen LogP contribution >= 0.6 is 0 Å². The highest BCUT2D eigenvalue weighted by atomic mass is 19.1. The molecular formula is C20H20FN3O2. The number of fused-ring (bicyclic) bond motifs is 1. The lowest BCUT2D eigenvalue weighted by Gasteiger charge is -2.16. The molecule has 1 aromatic heterocycles. The summed E-state index contributed by atoms with van der Waals surface area (Å²) in [4.78, 5) is 21.6. The van der Waals surface area contributed by atoms with E-state index in [2.05, 4.69) is 9.97 Å². The number of aromatic amines is 1. The molecule has 3 aromatic rings. The Kier molecular flexibility index (Phi) is 4.42. The lowest BCUT2D eigenvalue weighted by Crippen LogP contribution is -2.30. The van der Waals surface area contributed by atoms with E-state index in [1.807, 2.05) is 31.2 Å². The van der Waals surface area contributed by atoms with Gasteiger partial charge in [-0.15, -0.1) is 0 Å². The third-order valence-corrected chi connectivity index (χ3v) is 4.63. The zero-order valence-corrected chi connectivity index (χ0v) is 14.5. The Balaban J connectivity index is 1.39. The van der Waals surface area contributed by atoms with Gasteiger partial charge in [0.15, 0.2) is 0 Å². The maximum absolute atomic E-state index is 14.3. The van der Waals surface area contributed by atoms with E-state index in [4.69, 9.17) is 4.74 Å². The Morgan fingerprint density at radius 1 is 1.27 bits per heavy atom. The van der Waals surface area contributed by atoms with Crippen molar-refractivity contribution in [3.63, 3.8) is 0 Å². The number of H-pyrrole nitrogens is 1. The number of hydrogen-bond donors (Lipinski definition) is 1. The van der Waals surface area contributed by atoms with Crippen LogP contribution in [-0.2, 0) is 11.3 Å². The van der Waals surface area contributed by atoms with Crippen molar-refractivity contribution in [2.45, 2.75) is 25.8 Å². The van der Waals surface area contributed by atoms with Crippen molar-refractivity contribution in [2.24, 2.45) is 0 Å². The second-order valence-corrected chi connectivity index (χ2v) is 6.65. The first-order valence-corrected chi connectivity index (χ1v) is 8.65. The lowest BCUT2D eigenvalue weighted by atomic mass is 10.2. The monoisotopic (exact) mass is 353 g/mol. The quantitative estimate of drug-likeness (QED) is 0.783. The van der Waals surface area contributed by atoms with Gasteiger partial charge in [0, 0.05) is 5.56 Å². The van der Waals surface area contributed by atoms with Gasteiger partial charge in [0.25, 0.3) is 5.91 Å². The fourth-order valence-electron chi connectivity index (χ4n) is 3.25. The summed E-state index contributed by atoms with van der Waals surface area (Å²) in [5.74, 6) is 0.490. The Morgan fingerprint density at radius 3 is 2.88 bits per heavy atom. The summed E-state index contributed by atoms with van der Waals surface area (Å²) in [7, 11) is 0. The molecule has 1 N–H and O–H groups in total. The standard InChI is InChI=1S/C20H20FN3O2/c1-13-7-8-16-17(9-13)23-19(22-16)12-26-18-11-24(10-15(18)21)20(25)14-5-3-2-4-6-14/h2-9,15,18H,10-12H2,1H3,(H,22,23). The topological polar surface area (TPSA) is 58.2 Å². The van der Waals surface area contributed by atoms with Crippen LogP contribution in [0.2, 0.25) is 0 Å². The molecule has 2 atom stereocenters. The van der Waals surface area contributed by atoms with Crippen LogP contribution in [0.3, 0.4) is 0 Å². The molecule has 2 heterocycles. The molecular weight excluding hydrogens is 333 g/mol. The van der Waals surface area contributed by atoms with Gasteiger partial charge in [-0.1, -0.05) is 24.3 Å². The van der Waals surface area contributed by atoms with Gasteiger partial charge >= 0.3 is 0 Å². The van der Waals surface area contributed by atoms with E-state index in [9.17, 15) is 9.18 Å². The zero-order valence-electron chi connectivity index (χ0n) is 14.5. The largest absolute Gasteiger partial charge is 0.365 e. The van der Waals surface area contributed by atoms with Gasteiger partial charge in [-0.3, -0.25) is 4.79 Å². The molecule has 0 spiro atoms. The van der Waals surface area contributed by atoms with E-state index in [0.29, 0.717) is 11.4 Å². The Hall–Kier alpha value is -2.73. The normalized spacial score (nSPS) is 20.0. The first kappa shape index (κ1) is 16.7. The summed E-state index contributed by atoms with van der Waals surface area (Å²) in [6.45, 7) is 2.50. The van der Waals surface area contributed by atoms with Gasteiger partial charge in [-0.05, 0) is 36.8 Å². The van der Waals surface area contributed by atoms with Crippen molar-refractivity contribution in [3.05, 3.63) is 65.5 Å². The van der Waals surface area contributed by atoms with E-state index in [1.54, 1.807) is 24.3 Å². The number of alkyl halides is 1. The van der Waals surface area contributed by atoms with Crippen molar-refractivity contribution < 1.29 is 13.9 Å². The molecule has 1 aliphatic heterocycles. The number of carbonyl (C=O) groups is 1. The lowest BCUT2D eigenvalue weighted by molar-refractivity contribution is 0.00887. The minimum atomic E-state index is -1.20. The number of carbonyl (C=O) groups excluding carboxylic acids is 1. The van der Waals surface area contributed by atoms with Crippen LogP contribution in [0.1, 0.15) is 21.7 Å². The summed E-state index contributed by atoms with van der Waals surface area (Å²) in [6.07, 6.45) is -1.84. The zero-order chi connectivity index (χ0) is 18.1. The van der Waals surface area contributed by atoms with Gasteiger partial charge in [-0.2, -0.15) is 0 Å². The van der Waals surface area contributed by atoms with Crippen LogP contribution in [0.25, 0.3) is 11.0 Å². The van der Waals surface area contributed by atoms with Crippen molar-refractivity contribution in [2.75, 3.05) is 13.1 Å². The van der Waals surface area contributed by atoms with Crippen LogP contribution in [0.4, 0.5) is 4.39 Å². The predicted octanol–water partition coefficient (Wildman–Crippen LogP) is 3.25. The number of nitrogens with one attached hydrogen (secondary N) is 1. The van der Waals surface area contributed by atoms with Crippen LogP contribution in [0.15, 0.2) is 48.5 Å². The number of likely N-dealkylation sites (tertiary alicyclic amines) is 1. The van der Waals surface area contributed by atoms with E-state index >= 15 is 0 Å². The number of hydrogen-bond acceptors (Lipinski definition) is 3. The summed E-state index contributed by atoms with van der Waals surface area (Å²) >= 11 is 0. The van der Waals surface area contributed by atoms with Gasteiger partial charge < -0.3 is 14.6 Å².